The van der Waals surface area contributed by atoms with E-state index in [1.807, 2.05) is 31.3 Å². The molecule has 2 fully saturated rings. The molecule has 2 aromatic heterocycles. The van der Waals surface area contributed by atoms with E-state index in [0.717, 1.165) is 69.1 Å². The smallest absolute Gasteiger partial charge is 0.225 e. The highest BCUT2D eigenvalue weighted by Gasteiger charge is 2.32. The Balaban J connectivity index is 1.27. The number of carbonyl (C=O) groups excluding carboxylic acids is 1. The first-order valence-corrected chi connectivity index (χ1v) is 10.6. The average molecular weight is 395 g/mol. The first-order valence-electron chi connectivity index (χ1n) is 10.6. The fourth-order valence-corrected chi connectivity index (χ4v) is 4.41. The van der Waals surface area contributed by atoms with Gasteiger partial charge in [-0.3, -0.25) is 14.7 Å². The molecule has 0 radical (unpaired) electrons. The molecule has 1 N–H and O–H groups in total. The lowest BCUT2D eigenvalue weighted by atomic mass is 9.93. The van der Waals surface area contributed by atoms with Gasteiger partial charge in [-0.25, -0.2) is 9.97 Å². The minimum atomic E-state index is 0.0820. The number of amides is 1. The summed E-state index contributed by atoms with van der Waals surface area (Å²) in [6, 6.07) is 6.37. The van der Waals surface area contributed by atoms with Gasteiger partial charge in [0, 0.05) is 56.5 Å². The van der Waals surface area contributed by atoms with Crippen LogP contribution in [0, 0.1) is 12.8 Å². The minimum absolute atomic E-state index is 0.0820. The molecule has 4 rings (SSSR count). The summed E-state index contributed by atoms with van der Waals surface area (Å²) in [5.74, 6) is 1.09. The van der Waals surface area contributed by atoms with Crippen molar-refractivity contribution >= 4 is 11.9 Å². The summed E-state index contributed by atoms with van der Waals surface area (Å²) in [6.45, 7) is 6.47. The van der Waals surface area contributed by atoms with E-state index in [9.17, 15) is 4.79 Å². The number of carbonyl (C=O) groups is 1. The van der Waals surface area contributed by atoms with Gasteiger partial charge >= 0.3 is 0 Å². The van der Waals surface area contributed by atoms with Crippen LogP contribution in [0.2, 0.25) is 0 Å². The maximum Gasteiger partial charge on any atom is 0.225 e. The molecule has 2 saturated heterocycles. The van der Waals surface area contributed by atoms with Crippen molar-refractivity contribution in [1.82, 2.24) is 25.2 Å². The van der Waals surface area contributed by atoms with Gasteiger partial charge in [0.15, 0.2) is 0 Å². The zero-order chi connectivity index (χ0) is 20.1. The number of anilines is 1. The van der Waals surface area contributed by atoms with Crippen LogP contribution < -0.4 is 10.2 Å². The Kier molecular flexibility index (Phi) is 6.34. The number of likely N-dealkylation sites (tertiary alicyclic amines) is 1. The zero-order valence-electron chi connectivity index (χ0n) is 17.1. The molecule has 0 spiro atoms. The fraction of sp³-hybridized carbons (Fsp3) is 0.545. The molecule has 0 bridgehead atoms. The maximum atomic E-state index is 12.7. The van der Waals surface area contributed by atoms with Crippen LogP contribution in [0.15, 0.2) is 36.8 Å². The molecule has 0 unspecified atom stereocenters. The lowest BCUT2D eigenvalue weighted by molar-refractivity contribution is -0.127. The van der Waals surface area contributed by atoms with Gasteiger partial charge < -0.3 is 10.2 Å². The summed E-state index contributed by atoms with van der Waals surface area (Å²) in [5, 5.41) is 3.10. The number of piperidine rings is 2. The molecule has 1 atom stereocenters. The summed E-state index contributed by atoms with van der Waals surface area (Å²) in [4.78, 5) is 30.6. The molecule has 2 aliphatic heterocycles. The highest BCUT2D eigenvalue weighted by Crippen LogP contribution is 2.25. The fourth-order valence-electron chi connectivity index (χ4n) is 4.41. The molecule has 2 aliphatic rings. The number of aromatic nitrogens is 3. The summed E-state index contributed by atoms with van der Waals surface area (Å²) in [5.41, 5.74) is 2.05. The van der Waals surface area contributed by atoms with Gasteiger partial charge in [-0.1, -0.05) is 6.07 Å². The van der Waals surface area contributed by atoms with Crippen LogP contribution in [0.25, 0.3) is 0 Å². The predicted octanol–water partition coefficient (Wildman–Crippen LogP) is 2.18. The molecule has 0 aromatic carbocycles. The zero-order valence-corrected chi connectivity index (χ0v) is 17.1. The van der Waals surface area contributed by atoms with E-state index in [4.69, 9.17) is 0 Å². The maximum absolute atomic E-state index is 12.7. The Bertz CT molecular complexity index is 806. The third-order valence-corrected chi connectivity index (χ3v) is 6.06. The third-order valence-electron chi connectivity index (χ3n) is 6.06. The van der Waals surface area contributed by atoms with E-state index in [-0.39, 0.29) is 11.8 Å². The largest absolute Gasteiger partial charge is 0.352 e. The number of rotatable bonds is 5. The van der Waals surface area contributed by atoms with Crippen molar-refractivity contribution in [2.24, 2.45) is 5.92 Å². The number of aryl methyl sites for hydroxylation is 1. The van der Waals surface area contributed by atoms with Crippen LogP contribution >= 0.6 is 0 Å². The Hall–Kier alpha value is -2.54. The normalized spacial score (nSPS) is 21.1. The summed E-state index contributed by atoms with van der Waals surface area (Å²) in [6.07, 6.45) is 9.66. The first-order chi connectivity index (χ1) is 14.2. The molecule has 29 heavy (non-hydrogen) atoms. The molecule has 1 amide bonds. The van der Waals surface area contributed by atoms with E-state index < -0.39 is 0 Å². The standard InChI is InChI=1S/C22H30N6O/c1-17-6-10-24-22(26-17)27-12-7-20(8-13-27)28-11-3-5-19(16-28)21(29)25-15-18-4-2-9-23-14-18/h2,4,6,9-10,14,19-20H,3,5,7-8,11-13,15-16H2,1H3,(H,25,29)/t19-/m0/s1. The number of pyridine rings is 1. The van der Waals surface area contributed by atoms with Gasteiger partial charge in [0.25, 0.3) is 0 Å². The van der Waals surface area contributed by atoms with Crippen LogP contribution in [-0.4, -0.2) is 58.0 Å². The molecule has 4 heterocycles. The molecular formula is C22H30N6O. The number of hydrogen-bond donors (Lipinski definition) is 1. The van der Waals surface area contributed by atoms with Crippen molar-refractivity contribution in [1.29, 1.82) is 0 Å². The van der Waals surface area contributed by atoms with Crippen LogP contribution in [0.1, 0.15) is 36.9 Å². The van der Waals surface area contributed by atoms with Gasteiger partial charge in [0.1, 0.15) is 0 Å². The average Bonchev–Trinajstić information content (AvgIpc) is 2.78. The van der Waals surface area contributed by atoms with Crippen molar-refractivity contribution < 1.29 is 4.79 Å². The highest BCUT2D eigenvalue weighted by molar-refractivity contribution is 5.78. The Morgan fingerprint density at radius 2 is 2.03 bits per heavy atom. The van der Waals surface area contributed by atoms with Crippen molar-refractivity contribution in [2.45, 2.75) is 45.2 Å². The molecule has 7 heteroatoms. The molecule has 0 aliphatic carbocycles. The van der Waals surface area contributed by atoms with Gasteiger partial charge in [0.05, 0.1) is 5.92 Å². The second kappa shape index (κ2) is 9.31. The molecular weight excluding hydrogens is 364 g/mol. The summed E-state index contributed by atoms with van der Waals surface area (Å²) < 4.78 is 0. The lowest BCUT2D eigenvalue weighted by Gasteiger charge is -2.42. The van der Waals surface area contributed by atoms with Crippen LogP contribution in [0.3, 0.4) is 0 Å². The SMILES string of the molecule is Cc1ccnc(N2CCC(N3CCC[C@H](C(=O)NCc4cccnc4)C3)CC2)n1. The van der Waals surface area contributed by atoms with Crippen LogP contribution in [0.4, 0.5) is 5.95 Å². The van der Waals surface area contributed by atoms with E-state index >= 15 is 0 Å². The third kappa shape index (κ3) is 5.09. The van der Waals surface area contributed by atoms with E-state index in [1.54, 1.807) is 12.4 Å². The van der Waals surface area contributed by atoms with Crippen molar-refractivity contribution in [3.05, 3.63) is 48.0 Å². The van der Waals surface area contributed by atoms with E-state index in [1.165, 1.54) is 0 Å². The highest BCUT2D eigenvalue weighted by atomic mass is 16.1. The second-order valence-electron chi connectivity index (χ2n) is 8.13. The van der Waals surface area contributed by atoms with Crippen molar-refractivity contribution in [2.75, 3.05) is 31.1 Å². The Morgan fingerprint density at radius 1 is 1.17 bits per heavy atom. The number of nitrogens with zero attached hydrogens (tertiary/aromatic N) is 5. The van der Waals surface area contributed by atoms with Crippen molar-refractivity contribution in [3.63, 3.8) is 0 Å². The predicted molar refractivity (Wildman–Crippen MR) is 112 cm³/mol. The second-order valence-corrected chi connectivity index (χ2v) is 8.13. The minimum Gasteiger partial charge on any atom is -0.352 e. The molecule has 2 aromatic rings. The van der Waals surface area contributed by atoms with Gasteiger partial charge in [-0.05, 0) is 56.8 Å². The monoisotopic (exact) mass is 394 g/mol. The molecule has 0 saturated carbocycles. The van der Waals surface area contributed by atoms with Crippen LogP contribution in [0.5, 0.6) is 0 Å². The summed E-state index contributed by atoms with van der Waals surface area (Å²) in [7, 11) is 0. The van der Waals surface area contributed by atoms with E-state index in [2.05, 4.69) is 30.1 Å². The molecule has 154 valence electrons. The lowest BCUT2D eigenvalue weighted by Crippen LogP contribution is -2.51. The van der Waals surface area contributed by atoms with Gasteiger partial charge in [-0.2, -0.15) is 0 Å². The number of hydrogen-bond acceptors (Lipinski definition) is 6. The van der Waals surface area contributed by atoms with Gasteiger partial charge in [0.2, 0.25) is 11.9 Å². The molecule has 7 nitrogen and oxygen atoms in total. The van der Waals surface area contributed by atoms with Gasteiger partial charge in [-0.15, -0.1) is 0 Å². The van der Waals surface area contributed by atoms with E-state index in [0.29, 0.717) is 12.6 Å². The van der Waals surface area contributed by atoms with Crippen LogP contribution in [-0.2, 0) is 11.3 Å². The first kappa shape index (κ1) is 19.8. The quantitative estimate of drug-likeness (QED) is 0.838. The van der Waals surface area contributed by atoms with Crippen molar-refractivity contribution in [3.8, 4) is 0 Å². The number of nitrogens with one attached hydrogen (secondary N) is 1. The Morgan fingerprint density at radius 3 is 2.79 bits per heavy atom. The summed E-state index contributed by atoms with van der Waals surface area (Å²) >= 11 is 0. The Labute approximate surface area is 172 Å². The topological polar surface area (TPSA) is 74.2 Å².